The minimum absolute atomic E-state index is 0.484. The van der Waals surface area contributed by atoms with Gasteiger partial charge >= 0.3 is 0 Å². The van der Waals surface area contributed by atoms with Crippen molar-refractivity contribution in [3.63, 3.8) is 0 Å². The van der Waals surface area contributed by atoms with E-state index in [0.29, 0.717) is 18.9 Å². The Morgan fingerprint density at radius 2 is 1.82 bits per heavy atom. The molecule has 2 rings (SSSR count). The van der Waals surface area contributed by atoms with E-state index in [0.717, 1.165) is 11.3 Å². The summed E-state index contributed by atoms with van der Waals surface area (Å²) in [5, 5.41) is 9.55. The first-order chi connectivity index (χ1) is 10.5. The molecule has 0 radical (unpaired) electrons. The van der Waals surface area contributed by atoms with E-state index in [2.05, 4.69) is 32.0 Å². The van der Waals surface area contributed by atoms with Crippen molar-refractivity contribution < 1.29 is 4.74 Å². The third kappa shape index (κ3) is 3.89. The predicted molar refractivity (Wildman–Crippen MR) is 90.1 cm³/mol. The highest BCUT2D eigenvalue weighted by atomic mass is 16.5. The molecule has 0 aliphatic carbocycles. The molecule has 0 amide bonds. The topological polar surface area (TPSA) is 33.0 Å². The molecule has 0 aliphatic heterocycles. The lowest BCUT2D eigenvalue weighted by Crippen LogP contribution is -2.22. The Kier molecular flexibility index (Phi) is 5.22. The van der Waals surface area contributed by atoms with E-state index in [4.69, 9.17) is 4.74 Å². The maximum absolute atomic E-state index is 9.55. The van der Waals surface area contributed by atoms with Gasteiger partial charge < -0.3 is 4.74 Å². The van der Waals surface area contributed by atoms with Gasteiger partial charge in [-0.2, -0.15) is 5.26 Å². The van der Waals surface area contributed by atoms with Crippen LogP contribution in [-0.4, -0.2) is 6.61 Å². The normalized spacial score (nSPS) is 13.4. The molecule has 22 heavy (non-hydrogen) atoms. The Morgan fingerprint density at radius 3 is 2.45 bits per heavy atom. The highest BCUT2D eigenvalue weighted by Crippen LogP contribution is 2.27. The number of hydrogen-bond acceptors (Lipinski definition) is 2. The van der Waals surface area contributed by atoms with Crippen LogP contribution in [0.4, 0.5) is 0 Å². The van der Waals surface area contributed by atoms with Crippen molar-refractivity contribution in [2.75, 3.05) is 6.61 Å². The minimum Gasteiger partial charge on any atom is -0.494 e. The van der Waals surface area contributed by atoms with Crippen LogP contribution in [0, 0.1) is 11.3 Å². The van der Waals surface area contributed by atoms with Crippen LogP contribution in [0.1, 0.15) is 44.2 Å². The maximum Gasteiger partial charge on any atom is 0.119 e. The fourth-order valence-electron chi connectivity index (χ4n) is 2.41. The zero-order valence-corrected chi connectivity index (χ0v) is 13.5. The molecule has 0 bridgehead atoms. The first-order valence-corrected chi connectivity index (χ1v) is 7.75. The summed E-state index contributed by atoms with van der Waals surface area (Å²) in [6.07, 6.45) is 0.666. The molecule has 0 aliphatic rings. The molecule has 2 nitrogen and oxygen atoms in total. The van der Waals surface area contributed by atoms with Gasteiger partial charge in [-0.3, -0.25) is 0 Å². The van der Waals surface area contributed by atoms with Gasteiger partial charge in [-0.25, -0.2) is 0 Å². The number of rotatable bonds is 6. The quantitative estimate of drug-likeness (QED) is 0.745. The lowest BCUT2D eigenvalue weighted by Gasteiger charge is -2.22. The number of benzene rings is 2. The lowest BCUT2D eigenvalue weighted by atomic mass is 9.81. The van der Waals surface area contributed by atoms with E-state index < -0.39 is 5.41 Å². The van der Waals surface area contributed by atoms with Gasteiger partial charge in [-0.15, -0.1) is 0 Å². The monoisotopic (exact) mass is 293 g/mol. The molecule has 0 saturated carbocycles. The van der Waals surface area contributed by atoms with Crippen molar-refractivity contribution in [3.8, 4) is 11.8 Å². The van der Waals surface area contributed by atoms with Gasteiger partial charge in [0.15, 0.2) is 0 Å². The summed E-state index contributed by atoms with van der Waals surface area (Å²) in [4.78, 5) is 0. The standard InChI is InChI=1S/C20H23NO/c1-16(2)17-8-7-11-19(14-17)22-13-12-20(3,15-21)18-9-5-4-6-10-18/h4-11,14,16H,12-13H2,1-3H3. The summed E-state index contributed by atoms with van der Waals surface area (Å²) < 4.78 is 5.86. The van der Waals surface area contributed by atoms with E-state index in [9.17, 15) is 5.26 Å². The van der Waals surface area contributed by atoms with Crippen LogP contribution >= 0.6 is 0 Å². The molecule has 0 saturated heterocycles. The predicted octanol–water partition coefficient (Wildman–Crippen LogP) is 5.06. The van der Waals surface area contributed by atoms with Crippen LogP contribution in [0.2, 0.25) is 0 Å². The zero-order valence-electron chi connectivity index (χ0n) is 13.5. The summed E-state index contributed by atoms with van der Waals surface area (Å²) in [5.74, 6) is 1.36. The summed E-state index contributed by atoms with van der Waals surface area (Å²) in [5.41, 5.74) is 1.79. The number of nitriles is 1. The molecule has 0 heterocycles. The molecule has 0 spiro atoms. The smallest absolute Gasteiger partial charge is 0.119 e. The van der Waals surface area contributed by atoms with Crippen molar-refractivity contribution in [1.29, 1.82) is 5.26 Å². The lowest BCUT2D eigenvalue weighted by molar-refractivity contribution is 0.285. The van der Waals surface area contributed by atoms with Gasteiger partial charge in [0, 0.05) is 6.42 Å². The largest absolute Gasteiger partial charge is 0.494 e. The molecule has 2 aromatic rings. The molecule has 114 valence electrons. The van der Waals surface area contributed by atoms with Crippen LogP contribution in [-0.2, 0) is 5.41 Å². The highest BCUT2D eigenvalue weighted by molar-refractivity contribution is 5.32. The van der Waals surface area contributed by atoms with E-state index in [1.54, 1.807) is 0 Å². The van der Waals surface area contributed by atoms with Crippen molar-refractivity contribution in [1.82, 2.24) is 0 Å². The average Bonchev–Trinajstić information content (AvgIpc) is 2.55. The molecule has 0 aromatic heterocycles. The van der Waals surface area contributed by atoms with Crippen LogP contribution in [0.15, 0.2) is 54.6 Å². The van der Waals surface area contributed by atoms with Crippen molar-refractivity contribution in [2.45, 2.75) is 38.5 Å². The van der Waals surface area contributed by atoms with Crippen molar-refractivity contribution in [2.24, 2.45) is 0 Å². The third-order valence-electron chi connectivity index (χ3n) is 4.05. The Bertz CT molecular complexity index is 642. The van der Waals surface area contributed by atoms with Crippen LogP contribution in [0.25, 0.3) is 0 Å². The van der Waals surface area contributed by atoms with Crippen LogP contribution in [0.5, 0.6) is 5.75 Å². The Balaban J connectivity index is 2.01. The average molecular weight is 293 g/mol. The molecule has 0 N–H and O–H groups in total. The van der Waals surface area contributed by atoms with Gasteiger partial charge in [0.05, 0.1) is 18.1 Å². The van der Waals surface area contributed by atoms with E-state index in [1.165, 1.54) is 5.56 Å². The second-order valence-electron chi connectivity index (χ2n) is 6.14. The second kappa shape index (κ2) is 7.13. The van der Waals surface area contributed by atoms with Gasteiger partial charge in [0.1, 0.15) is 5.75 Å². The van der Waals surface area contributed by atoms with E-state index >= 15 is 0 Å². The zero-order chi connectivity index (χ0) is 16.0. The fraction of sp³-hybridized carbons (Fsp3) is 0.350. The minimum atomic E-state index is -0.517. The van der Waals surface area contributed by atoms with Gasteiger partial charge in [-0.05, 0) is 36.1 Å². The third-order valence-corrected chi connectivity index (χ3v) is 4.05. The molecular weight excluding hydrogens is 270 g/mol. The van der Waals surface area contributed by atoms with Crippen molar-refractivity contribution >= 4 is 0 Å². The maximum atomic E-state index is 9.55. The molecular formula is C20H23NO. The number of nitrogens with zero attached hydrogens (tertiary/aromatic N) is 1. The Morgan fingerprint density at radius 1 is 1.09 bits per heavy atom. The number of ether oxygens (including phenoxy) is 1. The first kappa shape index (κ1) is 16.1. The van der Waals surface area contributed by atoms with Gasteiger partial charge in [0.2, 0.25) is 0 Å². The van der Waals surface area contributed by atoms with Gasteiger partial charge in [0.25, 0.3) is 0 Å². The summed E-state index contributed by atoms with van der Waals surface area (Å²) in [6, 6.07) is 20.5. The Hall–Kier alpha value is -2.27. The SMILES string of the molecule is CC(C)c1cccc(OCCC(C)(C#N)c2ccccc2)c1. The van der Waals surface area contributed by atoms with E-state index in [1.807, 2.05) is 49.4 Å². The van der Waals surface area contributed by atoms with Crippen LogP contribution in [0.3, 0.4) is 0 Å². The Labute approximate surface area is 133 Å². The second-order valence-corrected chi connectivity index (χ2v) is 6.14. The summed E-state index contributed by atoms with van der Waals surface area (Å²) in [6.45, 7) is 6.83. The van der Waals surface area contributed by atoms with E-state index in [-0.39, 0.29) is 0 Å². The summed E-state index contributed by atoms with van der Waals surface area (Å²) >= 11 is 0. The summed E-state index contributed by atoms with van der Waals surface area (Å²) in [7, 11) is 0. The van der Waals surface area contributed by atoms with Gasteiger partial charge in [-0.1, -0.05) is 56.3 Å². The molecule has 2 aromatic carbocycles. The molecule has 2 heteroatoms. The molecule has 1 unspecified atom stereocenters. The first-order valence-electron chi connectivity index (χ1n) is 7.75. The van der Waals surface area contributed by atoms with Crippen molar-refractivity contribution in [3.05, 3.63) is 65.7 Å². The fourth-order valence-corrected chi connectivity index (χ4v) is 2.41. The number of hydrogen-bond donors (Lipinski definition) is 0. The molecule has 0 fully saturated rings. The van der Waals surface area contributed by atoms with Crippen LogP contribution < -0.4 is 4.74 Å². The molecule has 1 atom stereocenters. The highest BCUT2D eigenvalue weighted by Gasteiger charge is 2.26.